The molecule has 0 atom stereocenters. The summed E-state index contributed by atoms with van der Waals surface area (Å²) in [6.07, 6.45) is 0. The first-order valence-corrected chi connectivity index (χ1v) is 5.08. The quantitative estimate of drug-likeness (QED) is 0.658. The summed E-state index contributed by atoms with van der Waals surface area (Å²) < 4.78 is 0. The van der Waals surface area contributed by atoms with Crippen molar-refractivity contribution in [3.05, 3.63) is 29.8 Å². The second-order valence-corrected chi connectivity index (χ2v) is 3.99. The highest BCUT2D eigenvalue weighted by Crippen LogP contribution is 2.17. The van der Waals surface area contributed by atoms with E-state index in [0.717, 1.165) is 0 Å². The fourth-order valence-electron chi connectivity index (χ4n) is 1.09. The van der Waals surface area contributed by atoms with Gasteiger partial charge in [0.15, 0.2) is 10.6 Å². The van der Waals surface area contributed by atoms with Crippen molar-refractivity contribution in [2.24, 2.45) is 0 Å². The summed E-state index contributed by atoms with van der Waals surface area (Å²) in [4.78, 5) is 21.3. The lowest BCUT2D eigenvalue weighted by Crippen LogP contribution is -2.19. The molecule has 15 heavy (non-hydrogen) atoms. The van der Waals surface area contributed by atoms with E-state index in [9.17, 15) is 9.59 Å². The Bertz CT molecular complexity index is 391. The normalized spacial score (nSPS) is 10.1. The molecule has 0 aliphatic carbocycles. The number of benzene rings is 1. The molecule has 5 heteroatoms. The number of halogens is 2. The number of rotatable bonds is 3. The molecule has 0 aliphatic heterocycles. The number of para-hydroxylation sites is 1. The lowest BCUT2D eigenvalue weighted by atomic mass is 10.1. The monoisotopic (exact) mass is 245 g/mol. The number of anilines is 1. The predicted molar refractivity (Wildman–Crippen MR) is 60.6 cm³/mol. The van der Waals surface area contributed by atoms with Gasteiger partial charge in [-0.05, 0) is 19.1 Å². The molecule has 0 saturated carbocycles. The van der Waals surface area contributed by atoms with Crippen LogP contribution in [0.4, 0.5) is 5.69 Å². The predicted octanol–water partition coefficient (Wildman–Crippen LogP) is 2.63. The lowest BCUT2D eigenvalue weighted by molar-refractivity contribution is -0.114. The minimum Gasteiger partial charge on any atom is -0.323 e. The van der Waals surface area contributed by atoms with Gasteiger partial charge < -0.3 is 5.32 Å². The first-order valence-electron chi connectivity index (χ1n) is 4.21. The van der Waals surface area contributed by atoms with Crippen LogP contribution in [0.5, 0.6) is 0 Å². The fourth-order valence-corrected chi connectivity index (χ4v) is 1.20. The number of alkyl halides is 2. The molecule has 1 amide bonds. The molecule has 1 aromatic carbocycles. The van der Waals surface area contributed by atoms with Crippen LogP contribution in [0, 0.1) is 0 Å². The standard InChI is InChI=1S/C10H9Cl2NO2/c1-6(14)7-4-2-3-5-8(7)13-10(15)9(11)12/h2-5,9H,1H3,(H,13,15). The molecule has 80 valence electrons. The van der Waals surface area contributed by atoms with E-state index in [1.54, 1.807) is 24.3 Å². The Morgan fingerprint density at radius 3 is 2.40 bits per heavy atom. The molecule has 0 bridgehead atoms. The lowest BCUT2D eigenvalue weighted by Gasteiger charge is -2.08. The summed E-state index contributed by atoms with van der Waals surface area (Å²) in [5.74, 6) is -0.682. The number of nitrogens with one attached hydrogen (secondary N) is 1. The number of hydrogen-bond acceptors (Lipinski definition) is 2. The summed E-state index contributed by atoms with van der Waals surface area (Å²) in [6, 6.07) is 6.66. The molecule has 0 spiro atoms. The van der Waals surface area contributed by atoms with Crippen molar-refractivity contribution in [1.29, 1.82) is 0 Å². The van der Waals surface area contributed by atoms with Crippen LogP contribution in [0.3, 0.4) is 0 Å². The molecule has 0 aliphatic rings. The van der Waals surface area contributed by atoms with Gasteiger partial charge in [0.25, 0.3) is 5.91 Å². The van der Waals surface area contributed by atoms with E-state index < -0.39 is 10.7 Å². The molecule has 1 N–H and O–H groups in total. The zero-order valence-corrected chi connectivity index (χ0v) is 9.47. The van der Waals surface area contributed by atoms with Crippen LogP contribution in [-0.2, 0) is 4.79 Å². The molecule has 3 nitrogen and oxygen atoms in total. The Morgan fingerprint density at radius 2 is 1.87 bits per heavy atom. The van der Waals surface area contributed by atoms with Gasteiger partial charge in [-0.25, -0.2) is 0 Å². The average molecular weight is 246 g/mol. The van der Waals surface area contributed by atoms with Gasteiger partial charge in [-0.2, -0.15) is 0 Å². The summed E-state index contributed by atoms with van der Waals surface area (Å²) >= 11 is 10.8. The van der Waals surface area contributed by atoms with Crippen LogP contribution in [0.15, 0.2) is 24.3 Å². The maximum absolute atomic E-state index is 11.2. The number of Topliss-reactive ketones (excluding diaryl/α,β-unsaturated/α-hetero) is 1. The van der Waals surface area contributed by atoms with E-state index in [1.165, 1.54) is 6.92 Å². The Morgan fingerprint density at radius 1 is 1.27 bits per heavy atom. The van der Waals surface area contributed by atoms with E-state index in [0.29, 0.717) is 11.3 Å². The van der Waals surface area contributed by atoms with Crippen LogP contribution in [0.25, 0.3) is 0 Å². The van der Waals surface area contributed by atoms with Crippen LogP contribution in [0.2, 0.25) is 0 Å². The van der Waals surface area contributed by atoms with E-state index in [1.807, 2.05) is 0 Å². The van der Waals surface area contributed by atoms with Gasteiger partial charge in [0.1, 0.15) is 0 Å². The van der Waals surface area contributed by atoms with Crippen LogP contribution in [-0.4, -0.2) is 16.5 Å². The largest absolute Gasteiger partial charge is 0.323 e. The molecule has 1 rings (SSSR count). The zero-order chi connectivity index (χ0) is 11.4. The summed E-state index contributed by atoms with van der Waals surface area (Å²) in [7, 11) is 0. The molecular formula is C10H9Cl2NO2. The molecule has 0 heterocycles. The van der Waals surface area contributed by atoms with E-state index in [4.69, 9.17) is 23.2 Å². The topological polar surface area (TPSA) is 46.2 Å². The highest BCUT2D eigenvalue weighted by molar-refractivity contribution is 6.54. The van der Waals surface area contributed by atoms with Crippen molar-refractivity contribution in [3.63, 3.8) is 0 Å². The van der Waals surface area contributed by atoms with E-state index in [2.05, 4.69) is 5.32 Å². The van der Waals surface area contributed by atoms with Crippen molar-refractivity contribution >= 4 is 40.6 Å². The van der Waals surface area contributed by atoms with Gasteiger partial charge in [0, 0.05) is 5.56 Å². The fraction of sp³-hybridized carbons (Fsp3) is 0.200. The zero-order valence-electron chi connectivity index (χ0n) is 7.96. The number of carbonyl (C=O) groups is 2. The Hall–Kier alpha value is -1.06. The van der Waals surface area contributed by atoms with Crippen LogP contribution >= 0.6 is 23.2 Å². The second-order valence-electron chi connectivity index (χ2n) is 2.89. The van der Waals surface area contributed by atoms with Crippen molar-refractivity contribution in [2.75, 3.05) is 5.32 Å². The average Bonchev–Trinajstić information content (AvgIpc) is 2.18. The number of amides is 1. The van der Waals surface area contributed by atoms with Crippen molar-refractivity contribution in [3.8, 4) is 0 Å². The summed E-state index contributed by atoms with van der Waals surface area (Å²) in [5.41, 5.74) is 0.848. The first-order chi connectivity index (χ1) is 7.02. The highest BCUT2D eigenvalue weighted by Gasteiger charge is 2.14. The van der Waals surface area contributed by atoms with Gasteiger partial charge in [-0.3, -0.25) is 9.59 Å². The minimum atomic E-state index is -1.15. The van der Waals surface area contributed by atoms with Crippen molar-refractivity contribution in [1.82, 2.24) is 0 Å². The van der Waals surface area contributed by atoms with Crippen molar-refractivity contribution in [2.45, 2.75) is 11.8 Å². The van der Waals surface area contributed by atoms with Crippen LogP contribution < -0.4 is 5.32 Å². The van der Waals surface area contributed by atoms with Gasteiger partial charge in [0.2, 0.25) is 0 Å². The third-order valence-electron chi connectivity index (χ3n) is 1.76. The first kappa shape index (κ1) is 12.0. The minimum absolute atomic E-state index is 0.133. The number of ketones is 1. The van der Waals surface area contributed by atoms with Gasteiger partial charge in [-0.15, -0.1) is 0 Å². The summed E-state index contributed by atoms with van der Waals surface area (Å²) in [6.45, 7) is 1.42. The number of carbonyl (C=O) groups excluding carboxylic acids is 2. The maximum atomic E-state index is 11.2. The molecular weight excluding hydrogens is 237 g/mol. The van der Waals surface area contributed by atoms with Gasteiger partial charge in [0.05, 0.1) is 5.69 Å². The van der Waals surface area contributed by atoms with Crippen molar-refractivity contribution < 1.29 is 9.59 Å². The molecule has 0 radical (unpaired) electrons. The molecule has 1 aromatic rings. The summed E-state index contributed by atoms with van der Waals surface area (Å²) in [5, 5.41) is 2.47. The Labute approximate surface area is 97.4 Å². The Kier molecular flexibility index (Phi) is 4.12. The van der Waals surface area contributed by atoms with Gasteiger partial charge >= 0.3 is 0 Å². The third-order valence-corrected chi connectivity index (χ3v) is 2.16. The molecule has 0 saturated heterocycles. The maximum Gasteiger partial charge on any atom is 0.257 e. The smallest absolute Gasteiger partial charge is 0.257 e. The SMILES string of the molecule is CC(=O)c1ccccc1NC(=O)C(Cl)Cl. The van der Waals surface area contributed by atoms with E-state index >= 15 is 0 Å². The van der Waals surface area contributed by atoms with Crippen LogP contribution in [0.1, 0.15) is 17.3 Å². The third kappa shape index (κ3) is 3.22. The van der Waals surface area contributed by atoms with Gasteiger partial charge in [-0.1, -0.05) is 35.3 Å². The molecule has 0 aromatic heterocycles. The molecule has 0 unspecified atom stereocenters. The molecule has 0 fully saturated rings. The Balaban J connectivity index is 2.94. The highest BCUT2D eigenvalue weighted by atomic mass is 35.5. The number of hydrogen-bond donors (Lipinski definition) is 1. The second kappa shape index (κ2) is 5.14. The van der Waals surface area contributed by atoms with E-state index in [-0.39, 0.29) is 5.78 Å².